The number of ether oxygens (including phenoxy) is 2. The number of rotatable bonds is 4. The van der Waals surface area contributed by atoms with Crippen LogP contribution < -0.4 is 4.74 Å². The van der Waals surface area contributed by atoms with E-state index in [1.165, 1.54) is 7.11 Å². The molecule has 1 aromatic carbocycles. The third-order valence-electron chi connectivity index (χ3n) is 2.28. The summed E-state index contributed by atoms with van der Waals surface area (Å²) in [5, 5.41) is 0. The lowest BCUT2D eigenvalue weighted by Crippen LogP contribution is -2.29. The van der Waals surface area contributed by atoms with Crippen LogP contribution in [0.15, 0.2) is 36.1 Å². The van der Waals surface area contributed by atoms with Gasteiger partial charge in [0.05, 0.1) is 7.11 Å². The van der Waals surface area contributed by atoms with Crippen molar-refractivity contribution in [2.45, 2.75) is 13.8 Å². The molecule has 0 saturated heterocycles. The Morgan fingerprint density at radius 1 is 1.25 bits per heavy atom. The molecule has 0 aliphatic heterocycles. The maximum Gasteiger partial charge on any atom is 0.318 e. The molecule has 16 heavy (non-hydrogen) atoms. The standard InChI is InChI=1S/C13H15O3/c1-10(13(2,3)12(14)15-4)16-11-8-6-5-7-9-11/h1,5-9H,2-4H3. The van der Waals surface area contributed by atoms with Crippen LogP contribution in [0, 0.1) is 12.0 Å². The molecule has 0 unspecified atom stereocenters. The van der Waals surface area contributed by atoms with E-state index < -0.39 is 11.4 Å². The van der Waals surface area contributed by atoms with Crippen LogP contribution in [0.1, 0.15) is 13.8 Å². The summed E-state index contributed by atoms with van der Waals surface area (Å²) >= 11 is 0. The van der Waals surface area contributed by atoms with E-state index in [9.17, 15) is 4.79 Å². The Morgan fingerprint density at radius 3 is 2.31 bits per heavy atom. The topological polar surface area (TPSA) is 35.5 Å². The van der Waals surface area contributed by atoms with Crippen molar-refractivity contribution in [1.29, 1.82) is 0 Å². The minimum atomic E-state index is -0.968. The van der Waals surface area contributed by atoms with E-state index in [-0.39, 0.29) is 5.76 Å². The fourth-order valence-electron chi connectivity index (χ4n) is 1.10. The summed E-state index contributed by atoms with van der Waals surface area (Å²) in [5.41, 5.74) is -0.968. The highest BCUT2D eigenvalue weighted by Crippen LogP contribution is 2.28. The monoisotopic (exact) mass is 219 g/mol. The second-order valence-corrected chi connectivity index (χ2v) is 3.90. The fraction of sp³-hybridized carbons (Fsp3) is 0.308. The van der Waals surface area contributed by atoms with E-state index in [0.717, 1.165) is 0 Å². The minimum absolute atomic E-state index is 0.116. The van der Waals surface area contributed by atoms with Gasteiger partial charge in [-0.3, -0.25) is 4.79 Å². The zero-order valence-electron chi connectivity index (χ0n) is 9.69. The molecule has 0 bridgehead atoms. The zero-order chi connectivity index (χ0) is 12.2. The zero-order valence-corrected chi connectivity index (χ0v) is 9.69. The van der Waals surface area contributed by atoms with Crippen LogP contribution in [0.4, 0.5) is 0 Å². The van der Waals surface area contributed by atoms with E-state index in [1.807, 2.05) is 18.2 Å². The lowest BCUT2D eigenvalue weighted by Gasteiger charge is -2.23. The highest BCUT2D eigenvalue weighted by molar-refractivity contribution is 5.78. The quantitative estimate of drug-likeness (QED) is 0.576. The van der Waals surface area contributed by atoms with Crippen molar-refractivity contribution in [1.82, 2.24) is 0 Å². The highest BCUT2D eigenvalue weighted by Gasteiger charge is 2.34. The van der Waals surface area contributed by atoms with Gasteiger partial charge in [0, 0.05) is 0 Å². The SMILES string of the molecule is [CH]=C(Oc1ccccc1)C(C)(C)C(=O)OC. The van der Waals surface area contributed by atoms with Crippen LogP contribution in [0.5, 0.6) is 5.75 Å². The Kier molecular flexibility index (Phi) is 3.72. The number of carbonyl (C=O) groups is 1. The van der Waals surface area contributed by atoms with Gasteiger partial charge in [0.15, 0.2) is 0 Å². The molecule has 1 rings (SSSR count). The molecule has 0 heterocycles. The molecule has 85 valence electrons. The minimum Gasteiger partial charge on any atom is -0.468 e. The van der Waals surface area contributed by atoms with Crippen LogP contribution in [0.2, 0.25) is 0 Å². The average molecular weight is 219 g/mol. The predicted molar refractivity (Wildman–Crippen MR) is 60.7 cm³/mol. The Hall–Kier alpha value is -1.77. The first-order valence-electron chi connectivity index (χ1n) is 4.92. The van der Waals surface area contributed by atoms with Gasteiger partial charge in [-0.2, -0.15) is 0 Å². The molecule has 1 radical (unpaired) electrons. The molecule has 0 atom stereocenters. The van der Waals surface area contributed by atoms with Gasteiger partial charge < -0.3 is 9.47 Å². The Morgan fingerprint density at radius 2 is 1.81 bits per heavy atom. The first kappa shape index (κ1) is 12.3. The molecule has 0 N–H and O–H groups in total. The lowest BCUT2D eigenvalue weighted by molar-refractivity contribution is -0.149. The Labute approximate surface area is 95.7 Å². The average Bonchev–Trinajstić information content (AvgIpc) is 2.29. The highest BCUT2D eigenvalue weighted by atomic mass is 16.5. The van der Waals surface area contributed by atoms with Gasteiger partial charge >= 0.3 is 5.97 Å². The van der Waals surface area contributed by atoms with E-state index in [0.29, 0.717) is 5.75 Å². The summed E-state index contributed by atoms with van der Waals surface area (Å²) in [6, 6.07) is 9.05. The molecule has 0 spiro atoms. The summed E-state index contributed by atoms with van der Waals surface area (Å²) in [6.07, 6.45) is 0. The van der Waals surface area contributed by atoms with E-state index in [1.54, 1.807) is 26.0 Å². The van der Waals surface area contributed by atoms with Crippen molar-refractivity contribution in [2.24, 2.45) is 5.41 Å². The third kappa shape index (κ3) is 2.63. The number of benzene rings is 1. The van der Waals surface area contributed by atoms with Crippen molar-refractivity contribution in [3.8, 4) is 5.75 Å². The van der Waals surface area contributed by atoms with Crippen LogP contribution in [-0.4, -0.2) is 13.1 Å². The number of hydrogen-bond donors (Lipinski definition) is 0. The molecule has 0 saturated carbocycles. The molecule has 1 aromatic rings. The summed E-state index contributed by atoms with van der Waals surface area (Å²) in [6.45, 7) is 9.05. The number of hydrogen-bond acceptors (Lipinski definition) is 3. The second kappa shape index (κ2) is 4.84. The maximum absolute atomic E-state index is 11.5. The molecule has 0 aliphatic carbocycles. The van der Waals surface area contributed by atoms with Gasteiger partial charge in [0.2, 0.25) is 0 Å². The lowest BCUT2D eigenvalue weighted by atomic mass is 9.92. The Bertz CT molecular complexity index is 379. The number of para-hydroxylation sites is 1. The molecule has 0 fully saturated rings. The van der Waals surface area contributed by atoms with Crippen LogP contribution in [0.3, 0.4) is 0 Å². The van der Waals surface area contributed by atoms with Crippen LogP contribution in [-0.2, 0) is 9.53 Å². The van der Waals surface area contributed by atoms with Gasteiger partial charge in [-0.05, 0) is 32.6 Å². The molecule has 0 aliphatic rings. The van der Waals surface area contributed by atoms with E-state index in [4.69, 9.17) is 11.3 Å². The number of methoxy groups -OCH3 is 1. The van der Waals surface area contributed by atoms with Crippen molar-refractivity contribution in [3.63, 3.8) is 0 Å². The van der Waals surface area contributed by atoms with Crippen molar-refractivity contribution < 1.29 is 14.3 Å². The Balaban J connectivity index is 2.76. The van der Waals surface area contributed by atoms with Crippen molar-refractivity contribution >= 4 is 5.97 Å². The summed E-state index contributed by atoms with van der Waals surface area (Å²) in [5.74, 6) is 0.281. The molecule has 0 amide bonds. The first-order chi connectivity index (χ1) is 7.48. The molecular formula is C13H15O3. The third-order valence-corrected chi connectivity index (χ3v) is 2.28. The largest absolute Gasteiger partial charge is 0.468 e. The first-order valence-corrected chi connectivity index (χ1v) is 4.92. The number of esters is 1. The molecule has 3 nitrogen and oxygen atoms in total. The van der Waals surface area contributed by atoms with Crippen LogP contribution >= 0.6 is 0 Å². The summed E-state index contributed by atoms with van der Waals surface area (Å²) < 4.78 is 10.0. The predicted octanol–water partition coefficient (Wildman–Crippen LogP) is 2.58. The van der Waals surface area contributed by atoms with Gasteiger partial charge in [0.25, 0.3) is 0 Å². The number of carbonyl (C=O) groups excluding carboxylic acids is 1. The molecule has 3 heteroatoms. The smallest absolute Gasteiger partial charge is 0.318 e. The van der Waals surface area contributed by atoms with Gasteiger partial charge in [-0.1, -0.05) is 18.2 Å². The van der Waals surface area contributed by atoms with E-state index >= 15 is 0 Å². The van der Waals surface area contributed by atoms with Gasteiger partial charge in [-0.15, -0.1) is 0 Å². The maximum atomic E-state index is 11.5. The second-order valence-electron chi connectivity index (χ2n) is 3.90. The van der Waals surface area contributed by atoms with Crippen molar-refractivity contribution in [2.75, 3.05) is 7.11 Å². The summed E-state index contributed by atoms with van der Waals surface area (Å²) in [7, 11) is 1.32. The van der Waals surface area contributed by atoms with Crippen molar-refractivity contribution in [3.05, 3.63) is 42.7 Å². The molecule has 0 aromatic heterocycles. The summed E-state index contributed by atoms with van der Waals surface area (Å²) in [4.78, 5) is 11.5. The fourth-order valence-corrected chi connectivity index (χ4v) is 1.10. The normalized spacial score (nSPS) is 10.7. The molecular weight excluding hydrogens is 204 g/mol. The van der Waals surface area contributed by atoms with Crippen LogP contribution in [0.25, 0.3) is 0 Å². The van der Waals surface area contributed by atoms with Gasteiger partial charge in [-0.25, -0.2) is 0 Å². The van der Waals surface area contributed by atoms with Gasteiger partial charge in [0.1, 0.15) is 16.9 Å². The van der Waals surface area contributed by atoms with E-state index in [2.05, 4.69) is 4.74 Å².